The fraction of sp³-hybridized carbons (Fsp3) is 0.941. The van der Waals surface area contributed by atoms with E-state index in [1.54, 1.807) is 0 Å². The molecule has 3 amide bonds. The highest BCUT2D eigenvalue weighted by molar-refractivity contribution is 8.00. The van der Waals surface area contributed by atoms with Crippen molar-refractivity contribution in [3.05, 3.63) is 0 Å². The Balaban J connectivity index is 1.15. The molecule has 2 aliphatic rings. The molecule has 0 unspecified atom stereocenters. The first-order valence-corrected chi connectivity index (χ1v) is 19.7. The zero-order valence-corrected chi connectivity index (χ0v) is 31.7. The Kier molecular flexibility index (Phi) is 31.8. The standard InChI is InChI=1S/C34H65N3O14S/c38-6-8-42-10-12-44-14-16-46-18-20-48-22-24-50-26-28-51-27-25-49-23-21-47-19-17-45-15-13-43-11-9-41-7-5-35-32(39)4-2-1-3-31-33-30(29-52-31)36-34(40)37-33/h30-31,33,38H,1-29H2,(H,35,39)(H2,36,37,40)/t30-,31-,33-/m1/s1. The van der Waals surface area contributed by atoms with Crippen LogP contribution in [0.1, 0.15) is 25.7 Å². The van der Waals surface area contributed by atoms with E-state index in [0.29, 0.717) is 164 Å². The van der Waals surface area contributed by atoms with Crippen molar-refractivity contribution in [1.29, 1.82) is 0 Å². The van der Waals surface area contributed by atoms with Crippen molar-refractivity contribution in [2.45, 2.75) is 43.0 Å². The normalized spacial score (nSPS) is 18.1. The SMILES string of the molecule is O=C(CCCC[C@H]1SC[C@H]2NC(=O)N[C@H]21)NCCOCCOCCOCCOCCOCCOCCOCCOCCOCCOCCOCCO. The van der Waals surface area contributed by atoms with Gasteiger partial charge in [0.2, 0.25) is 5.91 Å². The average molecular weight is 772 g/mol. The van der Waals surface area contributed by atoms with E-state index in [1.807, 2.05) is 11.8 Å². The van der Waals surface area contributed by atoms with E-state index in [0.717, 1.165) is 25.0 Å². The summed E-state index contributed by atoms with van der Waals surface area (Å²) in [7, 11) is 0. The maximum atomic E-state index is 12.0. The van der Waals surface area contributed by atoms with Crippen molar-refractivity contribution in [3.63, 3.8) is 0 Å². The maximum Gasteiger partial charge on any atom is 0.315 e. The van der Waals surface area contributed by atoms with Gasteiger partial charge in [0.25, 0.3) is 0 Å². The lowest BCUT2D eigenvalue weighted by Gasteiger charge is -2.16. The van der Waals surface area contributed by atoms with Gasteiger partial charge in [-0.25, -0.2) is 4.79 Å². The molecule has 2 fully saturated rings. The average Bonchev–Trinajstić information content (AvgIpc) is 3.70. The van der Waals surface area contributed by atoms with Crippen LogP contribution in [0.2, 0.25) is 0 Å². The highest BCUT2D eigenvalue weighted by Crippen LogP contribution is 2.33. The lowest BCUT2D eigenvalue weighted by atomic mass is 10.0. The lowest BCUT2D eigenvalue weighted by molar-refractivity contribution is -0.121. The number of unbranched alkanes of at least 4 members (excludes halogenated alkanes) is 1. The van der Waals surface area contributed by atoms with Crippen LogP contribution in [0.25, 0.3) is 0 Å². The molecule has 3 atom stereocenters. The number of nitrogens with one attached hydrogen (secondary N) is 3. The maximum absolute atomic E-state index is 12.0. The van der Waals surface area contributed by atoms with E-state index >= 15 is 0 Å². The molecule has 18 heteroatoms. The number of rotatable bonds is 40. The molecule has 0 aromatic carbocycles. The molecule has 0 radical (unpaired) electrons. The Morgan fingerprint density at radius 3 is 1.37 bits per heavy atom. The Bertz CT molecular complexity index is 840. The number of carbonyl (C=O) groups excluding carboxylic acids is 2. The van der Waals surface area contributed by atoms with Gasteiger partial charge in [0.05, 0.1) is 164 Å². The van der Waals surface area contributed by atoms with Crippen molar-refractivity contribution >= 4 is 23.7 Å². The third kappa shape index (κ3) is 27.2. The number of aliphatic hydroxyl groups excluding tert-OH is 1. The summed E-state index contributed by atoms with van der Waals surface area (Å²) in [5.74, 6) is 1.00. The molecule has 0 aromatic heterocycles. The van der Waals surface area contributed by atoms with E-state index in [9.17, 15) is 9.59 Å². The largest absolute Gasteiger partial charge is 0.394 e. The number of aliphatic hydroxyl groups is 1. The third-order valence-electron chi connectivity index (χ3n) is 7.60. The number of hydrogen-bond acceptors (Lipinski definition) is 15. The van der Waals surface area contributed by atoms with Gasteiger partial charge in [0.1, 0.15) is 0 Å². The molecule has 52 heavy (non-hydrogen) atoms. The second-order valence-corrected chi connectivity index (χ2v) is 12.9. The first-order chi connectivity index (χ1) is 25.7. The fourth-order valence-electron chi connectivity index (χ4n) is 4.99. The summed E-state index contributed by atoms with van der Waals surface area (Å²) in [5.41, 5.74) is 0. The second-order valence-electron chi connectivity index (χ2n) is 11.7. The van der Waals surface area contributed by atoms with E-state index in [-0.39, 0.29) is 30.6 Å². The number of amides is 3. The van der Waals surface area contributed by atoms with Gasteiger partial charge in [0, 0.05) is 24.0 Å². The zero-order valence-electron chi connectivity index (χ0n) is 30.9. The number of fused-ring (bicyclic) bond motifs is 1. The summed E-state index contributed by atoms with van der Waals surface area (Å²) in [5, 5.41) is 17.9. The van der Waals surface area contributed by atoms with Crippen molar-refractivity contribution in [2.24, 2.45) is 0 Å². The molecular formula is C34H65N3O14S. The molecular weight excluding hydrogens is 706 g/mol. The summed E-state index contributed by atoms with van der Waals surface area (Å²) in [6.45, 7) is 11.0. The Hall–Kier alpha value is -1.39. The quantitative estimate of drug-likeness (QED) is 0.0481. The van der Waals surface area contributed by atoms with E-state index in [4.69, 9.17) is 57.2 Å². The van der Waals surface area contributed by atoms with Crippen LogP contribution in [0, 0.1) is 0 Å². The number of carbonyl (C=O) groups is 2. The molecule has 0 spiro atoms. The first-order valence-electron chi connectivity index (χ1n) is 18.6. The summed E-state index contributed by atoms with van der Waals surface area (Å²) >= 11 is 1.90. The van der Waals surface area contributed by atoms with Crippen LogP contribution in [0.15, 0.2) is 0 Å². The minimum absolute atomic E-state index is 0.0205. The van der Waals surface area contributed by atoms with E-state index in [2.05, 4.69) is 16.0 Å². The third-order valence-corrected chi connectivity index (χ3v) is 9.11. The van der Waals surface area contributed by atoms with Gasteiger partial charge >= 0.3 is 6.03 Å². The number of urea groups is 1. The van der Waals surface area contributed by atoms with Crippen molar-refractivity contribution in [2.75, 3.05) is 164 Å². The van der Waals surface area contributed by atoms with Crippen LogP contribution in [0.3, 0.4) is 0 Å². The Labute approximate surface area is 313 Å². The van der Waals surface area contributed by atoms with Crippen LogP contribution in [0.5, 0.6) is 0 Å². The highest BCUT2D eigenvalue weighted by atomic mass is 32.2. The minimum atomic E-state index is -0.0616. The predicted octanol–water partition coefficient (Wildman–Crippen LogP) is 0.00330. The second kappa shape index (κ2) is 35.3. The zero-order chi connectivity index (χ0) is 37.0. The summed E-state index contributed by atoms with van der Waals surface area (Å²) < 4.78 is 59.7. The predicted molar refractivity (Wildman–Crippen MR) is 193 cm³/mol. The van der Waals surface area contributed by atoms with Crippen LogP contribution >= 0.6 is 11.8 Å². The van der Waals surface area contributed by atoms with E-state index in [1.165, 1.54) is 0 Å². The molecule has 17 nitrogen and oxygen atoms in total. The van der Waals surface area contributed by atoms with Crippen LogP contribution < -0.4 is 16.0 Å². The number of hydrogen-bond donors (Lipinski definition) is 4. The van der Waals surface area contributed by atoms with Gasteiger partial charge in [-0.05, 0) is 12.8 Å². The molecule has 0 bridgehead atoms. The monoisotopic (exact) mass is 771 g/mol. The van der Waals surface area contributed by atoms with E-state index < -0.39 is 0 Å². The first kappa shape index (κ1) is 46.8. The van der Waals surface area contributed by atoms with Gasteiger partial charge in [-0.15, -0.1) is 0 Å². The highest BCUT2D eigenvalue weighted by Gasteiger charge is 2.42. The molecule has 0 saturated carbocycles. The van der Waals surface area contributed by atoms with Crippen molar-refractivity contribution in [1.82, 2.24) is 16.0 Å². The van der Waals surface area contributed by atoms with Gasteiger partial charge in [0.15, 0.2) is 0 Å². The van der Waals surface area contributed by atoms with Crippen LogP contribution in [-0.2, 0) is 56.9 Å². The summed E-state index contributed by atoms with van der Waals surface area (Å²) in [4.78, 5) is 23.5. The summed E-state index contributed by atoms with van der Waals surface area (Å²) in [6.07, 6.45) is 3.33. The number of thioether (sulfide) groups is 1. The lowest BCUT2D eigenvalue weighted by Crippen LogP contribution is -2.36. The molecule has 306 valence electrons. The van der Waals surface area contributed by atoms with Gasteiger partial charge in [-0.1, -0.05) is 6.42 Å². The van der Waals surface area contributed by atoms with Gasteiger partial charge < -0.3 is 73.2 Å². The summed E-state index contributed by atoms with van der Waals surface area (Å²) in [6, 6.07) is 0.404. The Morgan fingerprint density at radius 1 is 0.577 bits per heavy atom. The topological polar surface area (TPSA) is 192 Å². The minimum Gasteiger partial charge on any atom is -0.394 e. The molecule has 0 aliphatic carbocycles. The van der Waals surface area contributed by atoms with Gasteiger partial charge in [-0.3, -0.25) is 4.79 Å². The molecule has 0 aromatic rings. The smallest absolute Gasteiger partial charge is 0.315 e. The van der Waals surface area contributed by atoms with Crippen molar-refractivity contribution in [3.8, 4) is 0 Å². The molecule has 2 saturated heterocycles. The molecule has 4 N–H and O–H groups in total. The number of ether oxygens (including phenoxy) is 11. The van der Waals surface area contributed by atoms with Crippen LogP contribution in [0.4, 0.5) is 4.79 Å². The Morgan fingerprint density at radius 2 is 0.962 bits per heavy atom. The molecule has 2 rings (SSSR count). The van der Waals surface area contributed by atoms with Gasteiger partial charge in [-0.2, -0.15) is 11.8 Å². The fourth-order valence-corrected chi connectivity index (χ4v) is 6.53. The van der Waals surface area contributed by atoms with Crippen molar-refractivity contribution < 1.29 is 66.8 Å². The van der Waals surface area contributed by atoms with Crippen LogP contribution in [-0.4, -0.2) is 199 Å². The molecule has 2 aliphatic heterocycles. The molecule has 2 heterocycles.